The van der Waals surface area contributed by atoms with Crippen molar-refractivity contribution in [3.05, 3.63) is 24.7 Å². The lowest BCUT2D eigenvalue weighted by Gasteiger charge is -2.36. The molecule has 1 saturated heterocycles. The van der Waals surface area contributed by atoms with E-state index in [-0.39, 0.29) is 6.61 Å². The molecule has 0 aromatic heterocycles. The van der Waals surface area contributed by atoms with Crippen molar-refractivity contribution in [2.24, 2.45) is 10.7 Å². The summed E-state index contributed by atoms with van der Waals surface area (Å²) in [5.41, 5.74) is 3.98. The largest absolute Gasteiger partial charge is 0.473 e. The molecule has 3 heterocycles. The van der Waals surface area contributed by atoms with Gasteiger partial charge in [0.2, 0.25) is 5.91 Å². The van der Waals surface area contributed by atoms with Crippen LogP contribution in [-0.2, 0) is 19.1 Å². The molecule has 1 amide bonds. The maximum Gasteiger partial charge on any atom is 0.358 e. The maximum atomic E-state index is 11.9. The fourth-order valence-corrected chi connectivity index (χ4v) is 2.16. The topological polar surface area (TPSA) is 94.2 Å². The molecule has 0 aromatic rings. The van der Waals surface area contributed by atoms with Crippen LogP contribution >= 0.6 is 0 Å². The van der Waals surface area contributed by atoms with Crippen LogP contribution in [0.1, 0.15) is 6.42 Å². The van der Waals surface area contributed by atoms with Gasteiger partial charge in [-0.1, -0.05) is 0 Å². The highest BCUT2D eigenvalue weighted by atomic mass is 16.6. The zero-order valence-corrected chi connectivity index (χ0v) is 9.41. The zero-order valence-electron chi connectivity index (χ0n) is 9.41. The summed E-state index contributed by atoms with van der Waals surface area (Å²) < 4.78 is 10.4. The summed E-state index contributed by atoms with van der Waals surface area (Å²) >= 11 is 0. The van der Waals surface area contributed by atoms with Gasteiger partial charge in [-0.2, -0.15) is 0 Å². The number of ether oxygens (including phenoxy) is 2. The summed E-state index contributed by atoms with van der Waals surface area (Å²) in [6.07, 6.45) is 6.61. The molecule has 0 aromatic carbocycles. The normalized spacial score (nSPS) is 32.9. The fraction of sp³-hybridized carbons (Fsp3) is 0.364. The molecular weight excluding hydrogens is 238 g/mol. The number of cyclic esters (lactones) is 1. The van der Waals surface area contributed by atoms with E-state index in [2.05, 4.69) is 4.99 Å². The van der Waals surface area contributed by atoms with Crippen LogP contribution in [-0.4, -0.2) is 40.9 Å². The van der Waals surface area contributed by atoms with Crippen LogP contribution in [0.5, 0.6) is 0 Å². The molecule has 0 saturated carbocycles. The highest BCUT2D eigenvalue weighted by molar-refractivity contribution is 6.12. The molecule has 94 valence electrons. The van der Waals surface area contributed by atoms with Gasteiger partial charge in [0.15, 0.2) is 11.9 Å². The first-order valence-corrected chi connectivity index (χ1v) is 5.49. The SMILES string of the molecule is NC(=O)C1C=CN2C=COC3(CCOC3=O)C2=N1. The van der Waals surface area contributed by atoms with Crippen LogP contribution in [0.4, 0.5) is 0 Å². The first-order valence-electron chi connectivity index (χ1n) is 5.49. The summed E-state index contributed by atoms with van der Waals surface area (Å²) in [4.78, 5) is 28.9. The molecule has 1 spiro atoms. The van der Waals surface area contributed by atoms with Gasteiger partial charge in [-0.25, -0.2) is 9.79 Å². The van der Waals surface area contributed by atoms with E-state index in [1.54, 1.807) is 23.4 Å². The lowest BCUT2D eigenvalue weighted by molar-refractivity contribution is -0.149. The molecule has 3 aliphatic heterocycles. The minimum Gasteiger partial charge on any atom is -0.473 e. The van der Waals surface area contributed by atoms with Crippen LogP contribution < -0.4 is 5.73 Å². The Kier molecular flexibility index (Phi) is 2.16. The molecule has 2 unspecified atom stereocenters. The number of aliphatic imine (C=N–C) groups is 1. The number of nitrogens with two attached hydrogens (primary N) is 1. The number of hydrogen-bond acceptors (Lipinski definition) is 6. The number of rotatable bonds is 1. The second kappa shape index (κ2) is 3.59. The Hall–Kier alpha value is -2.31. The standard InChI is InChI=1S/C11H11N3O4/c12-8(15)7-1-3-14-4-6-18-11(9(14)13-7)2-5-17-10(11)16/h1,3-4,6-7H,2,5H2,(H2,12,15). The quantitative estimate of drug-likeness (QED) is 0.617. The van der Waals surface area contributed by atoms with Gasteiger partial charge >= 0.3 is 5.97 Å². The van der Waals surface area contributed by atoms with Crippen molar-refractivity contribution in [2.45, 2.75) is 18.1 Å². The van der Waals surface area contributed by atoms with Crippen LogP contribution in [0, 0.1) is 0 Å². The molecule has 7 nitrogen and oxygen atoms in total. The number of hydrogen-bond donors (Lipinski definition) is 1. The molecule has 0 radical (unpaired) electrons. The van der Waals surface area contributed by atoms with Gasteiger partial charge in [0.05, 0.1) is 6.61 Å². The molecule has 1 fully saturated rings. The Morgan fingerprint density at radius 2 is 2.39 bits per heavy atom. The molecular formula is C11H11N3O4. The third kappa shape index (κ3) is 1.33. The Morgan fingerprint density at radius 1 is 1.56 bits per heavy atom. The van der Waals surface area contributed by atoms with E-state index in [1.165, 1.54) is 6.26 Å². The molecule has 3 rings (SSSR count). The molecule has 2 atom stereocenters. The van der Waals surface area contributed by atoms with E-state index >= 15 is 0 Å². The average molecular weight is 249 g/mol. The molecule has 3 aliphatic rings. The number of carbonyl (C=O) groups is 2. The minimum atomic E-state index is -1.24. The van der Waals surface area contributed by atoms with E-state index in [1.807, 2.05) is 0 Å². The van der Waals surface area contributed by atoms with Crippen molar-refractivity contribution in [2.75, 3.05) is 6.61 Å². The van der Waals surface area contributed by atoms with Gasteiger partial charge < -0.3 is 20.1 Å². The van der Waals surface area contributed by atoms with Crippen LogP contribution in [0.15, 0.2) is 29.7 Å². The highest BCUT2D eigenvalue weighted by Gasteiger charge is 2.55. The van der Waals surface area contributed by atoms with Gasteiger partial charge in [-0.05, 0) is 6.08 Å². The lowest BCUT2D eigenvalue weighted by atomic mass is 9.97. The third-order valence-electron chi connectivity index (χ3n) is 3.10. The van der Waals surface area contributed by atoms with Gasteiger partial charge in [0.1, 0.15) is 6.26 Å². The van der Waals surface area contributed by atoms with Gasteiger partial charge in [0.25, 0.3) is 5.60 Å². The smallest absolute Gasteiger partial charge is 0.358 e. The predicted octanol–water partition coefficient (Wildman–Crippen LogP) is -0.745. The second-order valence-electron chi connectivity index (χ2n) is 4.16. The monoisotopic (exact) mass is 249 g/mol. The minimum absolute atomic E-state index is 0.268. The number of amides is 1. The van der Waals surface area contributed by atoms with Gasteiger partial charge in [-0.15, -0.1) is 0 Å². The molecule has 18 heavy (non-hydrogen) atoms. The van der Waals surface area contributed by atoms with Crippen LogP contribution in [0.3, 0.4) is 0 Å². The zero-order chi connectivity index (χ0) is 12.8. The second-order valence-corrected chi connectivity index (χ2v) is 4.16. The Labute approximate surface area is 103 Å². The molecule has 0 bridgehead atoms. The van der Waals surface area contributed by atoms with Gasteiger partial charge in [-0.3, -0.25) is 4.79 Å². The number of carbonyl (C=O) groups excluding carboxylic acids is 2. The van der Waals surface area contributed by atoms with Gasteiger partial charge in [0, 0.05) is 18.8 Å². The summed E-state index contributed by atoms with van der Waals surface area (Å²) in [5.74, 6) is -0.720. The van der Waals surface area contributed by atoms with E-state index < -0.39 is 23.5 Å². The summed E-state index contributed by atoms with van der Waals surface area (Å²) in [7, 11) is 0. The van der Waals surface area contributed by atoms with E-state index in [0.717, 1.165) is 0 Å². The first-order chi connectivity index (χ1) is 8.63. The molecule has 2 N–H and O–H groups in total. The predicted molar refractivity (Wildman–Crippen MR) is 59.9 cm³/mol. The van der Waals surface area contributed by atoms with Crippen molar-refractivity contribution >= 4 is 17.7 Å². The van der Waals surface area contributed by atoms with E-state index in [4.69, 9.17) is 15.2 Å². The fourth-order valence-electron chi connectivity index (χ4n) is 2.16. The summed E-state index contributed by atoms with van der Waals surface area (Å²) in [6.45, 7) is 0.268. The number of primary amides is 1. The Balaban J connectivity index is 2.06. The van der Waals surface area contributed by atoms with E-state index in [9.17, 15) is 9.59 Å². The van der Waals surface area contributed by atoms with Crippen LogP contribution in [0.2, 0.25) is 0 Å². The summed E-state index contributed by atoms with van der Waals surface area (Å²) in [5, 5.41) is 0. The van der Waals surface area contributed by atoms with Crippen molar-refractivity contribution in [1.82, 2.24) is 4.90 Å². The average Bonchev–Trinajstić information content (AvgIpc) is 2.72. The highest BCUT2D eigenvalue weighted by Crippen LogP contribution is 2.33. The summed E-state index contributed by atoms with van der Waals surface area (Å²) in [6, 6.07) is -0.781. The van der Waals surface area contributed by atoms with Crippen molar-refractivity contribution in [3.8, 4) is 0 Å². The number of nitrogens with zero attached hydrogens (tertiary/aromatic N) is 2. The maximum absolute atomic E-state index is 11.9. The third-order valence-corrected chi connectivity index (χ3v) is 3.10. The lowest BCUT2D eigenvalue weighted by Crippen LogP contribution is -2.54. The van der Waals surface area contributed by atoms with Crippen LogP contribution in [0.25, 0.3) is 0 Å². The van der Waals surface area contributed by atoms with Crippen molar-refractivity contribution < 1.29 is 19.1 Å². The first kappa shape index (κ1) is 10.8. The van der Waals surface area contributed by atoms with Crippen molar-refractivity contribution in [1.29, 1.82) is 0 Å². The molecule has 7 heteroatoms. The van der Waals surface area contributed by atoms with Crippen molar-refractivity contribution in [3.63, 3.8) is 0 Å². The Bertz CT molecular complexity index is 510. The Morgan fingerprint density at radius 3 is 3.06 bits per heavy atom. The number of amidine groups is 1. The number of esters is 1. The molecule has 0 aliphatic carbocycles. The number of fused-ring (bicyclic) bond motifs is 2. The van der Waals surface area contributed by atoms with E-state index in [0.29, 0.717) is 12.3 Å².